The van der Waals surface area contributed by atoms with E-state index in [1.54, 1.807) is 43.4 Å². The third-order valence-electron chi connectivity index (χ3n) is 2.78. The molecule has 0 atom stereocenters. The van der Waals surface area contributed by atoms with Crippen LogP contribution in [0.2, 0.25) is 0 Å². The van der Waals surface area contributed by atoms with E-state index >= 15 is 0 Å². The smallest absolute Gasteiger partial charge is 0.259 e. The van der Waals surface area contributed by atoms with E-state index in [9.17, 15) is 14.7 Å². The van der Waals surface area contributed by atoms with E-state index < -0.39 is 5.91 Å². The first kappa shape index (κ1) is 13.6. The Morgan fingerprint density at radius 3 is 2.20 bits per heavy atom. The van der Waals surface area contributed by atoms with Crippen LogP contribution in [0.5, 0.6) is 5.75 Å². The molecule has 2 rings (SSSR count). The van der Waals surface area contributed by atoms with Gasteiger partial charge >= 0.3 is 0 Å². The van der Waals surface area contributed by atoms with Crippen molar-refractivity contribution in [2.24, 2.45) is 0 Å². The summed E-state index contributed by atoms with van der Waals surface area (Å²) in [5.74, 6) is -0.675. The van der Waals surface area contributed by atoms with Gasteiger partial charge in [0.2, 0.25) is 0 Å². The number of para-hydroxylation sites is 1. The van der Waals surface area contributed by atoms with Crippen molar-refractivity contribution in [2.75, 3.05) is 12.4 Å². The maximum atomic E-state index is 12.0. The van der Waals surface area contributed by atoms with Gasteiger partial charge in [-0.05, 0) is 36.4 Å². The molecule has 0 spiro atoms. The number of carbonyl (C=O) groups is 2. The molecular weight excluding hydrogens is 256 g/mol. The van der Waals surface area contributed by atoms with Gasteiger partial charge in [0.25, 0.3) is 11.8 Å². The lowest BCUT2D eigenvalue weighted by atomic mass is 10.1. The lowest BCUT2D eigenvalue weighted by Crippen LogP contribution is -2.17. The molecule has 0 saturated carbocycles. The first-order chi connectivity index (χ1) is 9.61. The molecule has 0 fully saturated rings. The summed E-state index contributed by atoms with van der Waals surface area (Å²) >= 11 is 0. The average molecular weight is 270 g/mol. The maximum absolute atomic E-state index is 12.0. The van der Waals surface area contributed by atoms with Gasteiger partial charge in [0.05, 0.1) is 5.56 Å². The Balaban J connectivity index is 2.13. The molecule has 0 radical (unpaired) electrons. The van der Waals surface area contributed by atoms with E-state index in [2.05, 4.69) is 10.6 Å². The highest BCUT2D eigenvalue weighted by Crippen LogP contribution is 2.18. The summed E-state index contributed by atoms with van der Waals surface area (Å²) in [5, 5.41) is 14.8. The van der Waals surface area contributed by atoms with Crippen molar-refractivity contribution in [1.82, 2.24) is 5.32 Å². The van der Waals surface area contributed by atoms with E-state index in [1.807, 2.05) is 0 Å². The fourth-order valence-electron chi connectivity index (χ4n) is 1.71. The molecule has 102 valence electrons. The first-order valence-electron chi connectivity index (χ1n) is 6.03. The SMILES string of the molecule is CNC(=O)c1ccc(NC(=O)c2ccccc2O)cc1. The molecule has 0 aliphatic rings. The summed E-state index contributed by atoms with van der Waals surface area (Å²) in [6.07, 6.45) is 0. The van der Waals surface area contributed by atoms with Gasteiger partial charge in [0, 0.05) is 18.3 Å². The number of carbonyl (C=O) groups excluding carboxylic acids is 2. The maximum Gasteiger partial charge on any atom is 0.259 e. The predicted molar refractivity (Wildman–Crippen MR) is 75.9 cm³/mol. The average Bonchev–Trinajstić information content (AvgIpc) is 2.47. The molecule has 2 aromatic rings. The van der Waals surface area contributed by atoms with E-state index in [-0.39, 0.29) is 17.2 Å². The van der Waals surface area contributed by atoms with Crippen LogP contribution in [0.4, 0.5) is 5.69 Å². The van der Waals surface area contributed by atoms with Crippen molar-refractivity contribution in [3.8, 4) is 5.75 Å². The number of anilines is 1. The van der Waals surface area contributed by atoms with Crippen LogP contribution in [-0.2, 0) is 0 Å². The Morgan fingerprint density at radius 2 is 1.60 bits per heavy atom. The molecule has 0 heterocycles. The Morgan fingerprint density at radius 1 is 0.950 bits per heavy atom. The van der Waals surface area contributed by atoms with E-state index in [0.717, 1.165) is 0 Å². The van der Waals surface area contributed by atoms with Gasteiger partial charge in [0.1, 0.15) is 5.75 Å². The highest BCUT2D eigenvalue weighted by molar-refractivity contribution is 6.06. The zero-order chi connectivity index (χ0) is 14.5. The van der Waals surface area contributed by atoms with Crippen LogP contribution in [0.1, 0.15) is 20.7 Å². The zero-order valence-corrected chi connectivity index (χ0v) is 10.9. The number of phenols is 1. The number of phenolic OH excluding ortho intramolecular Hbond substituents is 1. The van der Waals surface area contributed by atoms with Crippen molar-refractivity contribution in [1.29, 1.82) is 0 Å². The molecule has 5 nitrogen and oxygen atoms in total. The summed E-state index contributed by atoms with van der Waals surface area (Å²) < 4.78 is 0. The van der Waals surface area contributed by atoms with Crippen LogP contribution in [0.3, 0.4) is 0 Å². The Bertz CT molecular complexity index is 636. The van der Waals surface area contributed by atoms with Gasteiger partial charge in [0.15, 0.2) is 0 Å². The minimum atomic E-state index is -0.407. The minimum absolute atomic E-state index is 0.0769. The largest absolute Gasteiger partial charge is 0.507 e. The van der Waals surface area contributed by atoms with Crippen LogP contribution >= 0.6 is 0 Å². The Labute approximate surface area is 116 Å². The third-order valence-corrected chi connectivity index (χ3v) is 2.78. The summed E-state index contributed by atoms with van der Waals surface area (Å²) in [6, 6.07) is 12.8. The van der Waals surface area contributed by atoms with Gasteiger partial charge in [-0.3, -0.25) is 9.59 Å². The van der Waals surface area contributed by atoms with Crippen molar-refractivity contribution >= 4 is 17.5 Å². The number of amides is 2. The monoisotopic (exact) mass is 270 g/mol. The Kier molecular flexibility index (Phi) is 4.00. The van der Waals surface area contributed by atoms with Crippen LogP contribution in [0.25, 0.3) is 0 Å². The molecule has 20 heavy (non-hydrogen) atoms. The molecule has 0 unspecified atom stereocenters. The molecule has 2 amide bonds. The first-order valence-corrected chi connectivity index (χ1v) is 6.03. The lowest BCUT2D eigenvalue weighted by Gasteiger charge is -2.07. The molecule has 0 bridgehead atoms. The third kappa shape index (κ3) is 2.95. The fraction of sp³-hybridized carbons (Fsp3) is 0.0667. The summed E-state index contributed by atoms with van der Waals surface area (Å²) in [5.41, 5.74) is 1.25. The highest BCUT2D eigenvalue weighted by atomic mass is 16.3. The van der Waals surface area contributed by atoms with Crippen LogP contribution in [-0.4, -0.2) is 24.0 Å². The number of nitrogens with one attached hydrogen (secondary N) is 2. The van der Waals surface area contributed by atoms with Gasteiger partial charge in [-0.1, -0.05) is 12.1 Å². The number of hydrogen-bond acceptors (Lipinski definition) is 3. The van der Waals surface area contributed by atoms with Crippen LogP contribution < -0.4 is 10.6 Å². The van der Waals surface area contributed by atoms with Gasteiger partial charge in [-0.2, -0.15) is 0 Å². The zero-order valence-electron chi connectivity index (χ0n) is 10.9. The topological polar surface area (TPSA) is 78.4 Å². The molecule has 0 saturated heterocycles. The van der Waals surface area contributed by atoms with Gasteiger partial charge < -0.3 is 15.7 Å². The molecule has 5 heteroatoms. The van der Waals surface area contributed by atoms with Crippen molar-refractivity contribution in [2.45, 2.75) is 0 Å². The molecule has 3 N–H and O–H groups in total. The Hall–Kier alpha value is -2.82. The summed E-state index contributed by atoms with van der Waals surface area (Å²) in [7, 11) is 1.55. The number of aromatic hydroxyl groups is 1. The van der Waals surface area contributed by atoms with Crippen molar-refractivity contribution < 1.29 is 14.7 Å². The van der Waals surface area contributed by atoms with Crippen LogP contribution in [0, 0.1) is 0 Å². The fourth-order valence-corrected chi connectivity index (χ4v) is 1.71. The lowest BCUT2D eigenvalue weighted by molar-refractivity contribution is 0.0962. The molecule has 0 aromatic heterocycles. The van der Waals surface area contributed by atoms with Crippen LogP contribution in [0.15, 0.2) is 48.5 Å². The quantitative estimate of drug-likeness (QED) is 0.798. The van der Waals surface area contributed by atoms with Crippen molar-refractivity contribution in [3.05, 3.63) is 59.7 Å². The standard InChI is InChI=1S/C15H14N2O3/c1-16-14(19)10-6-8-11(9-7-10)17-15(20)12-4-2-3-5-13(12)18/h2-9,18H,1H3,(H,16,19)(H,17,20). The second-order valence-electron chi connectivity index (χ2n) is 4.13. The molecule has 0 aliphatic carbocycles. The van der Waals surface area contributed by atoms with E-state index in [4.69, 9.17) is 0 Å². The summed E-state index contributed by atoms with van der Waals surface area (Å²) in [6.45, 7) is 0. The second kappa shape index (κ2) is 5.88. The molecule has 0 aliphatic heterocycles. The van der Waals surface area contributed by atoms with Crippen molar-refractivity contribution in [3.63, 3.8) is 0 Å². The number of hydrogen-bond donors (Lipinski definition) is 3. The molecular formula is C15H14N2O3. The van der Waals surface area contributed by atoms with E-state index in [0.29, 0.717) is 11.3 Å². The molecule has 2 aromatic carbocycles. The minimum Gasteiger partial charge on any atom is -0.507 e. The summed E-state index contributed by atoms with van der Waals surface area (Å²) in [4.78, 5) is 23.3. The van der Waals surface area contributed by atoms with Gasteiger partial charge in [-0.15, -0.1) is 0 Å². The second-order valence-corrected chi connectivity index (χ2v) is 4.13. The normalized spacial score (nSPS) is 9.85. The predicted octanol–water partition coefficient (Wildman–Crippen LogP) is 2.00. The number of benzene rings is 2. The number of rotatable bonds is 3. The van der Waals surface area contributed by atoms with E-state index in [1.165, 1.54) is 12.1 Å². The highest BCUT2D eigenvalue weighted by Gasteiger charge is 2.10. The van der Waals surface area contributed by atoms with Gasteiger partial charge in [-0.25, -0.2) is 0 Å².